The lowest BCUT2D eigenvalue weighted by Gasteiger charge is -2.09. The third-order valence-electron chi connectivity index (χ3n) is 3.10. The van der Waals surface area contributed by atoms with Crippen molar-refractivity contribution in [2.75, 3.05) is 5.32 Å². The zero-order valence-corrected chi connectivity index (χ0v) is 12.3. The van der Waals surface area contributed by atoms with Crippen molar-refractivity contribution in [3.05, 3.63) is 59.9 Å². The molecule has 0 fully saturated rings. The summed E-state index contributed by atoms with van der Waals surface area (Å²) in [4.78, 5) is 9.22. The minimum Gasteiger partial charge on any atom is -0.389 e. The van der Waals surface area contributed by atoms with Gasteiger partial charge >= 0.3 is 0 Å². The Morgan fingerprint density at radius 2 is 2.00 bits per heavy atom. The Hall–Kier alpha value is -2.53. The number of hydrogen-bond donors (Lipinski definition) is 2. The van der Waals surface area contributed by atoms with Gasteiger partial charge in [0.25, 0.3) is 0 Å². The molecule has 0 bridgehead atoms. The number of thiocarbonyl (C=S) groups is 1. The summed E-state index contributed by atoms with van der Waals surface area (Å²) in [5.74, 6) is 0.704. The third kappa shape index (κ3) is 2.98. The predicted octanol–water partition coefficient (Wildman–Crippen LogP) is 3.32. The van der Waals surface area contributed by atoms with Crippen LogP contribution in [0, 0.1) is 6.92 Å². The molecule has 3 aromatic rings. The molecule has 0 aliphatic heterocycles. The summed E-state index contributed by atoms with van der Waals surface area (Å²) < 4.78 is 0. The van der Waals surface area contributed by atoms with Crippen LogP contribution in [0.2, 0.25) is 0 Å². The van der Waals surface area contributed by atoms with Gasteiger partial charge in [-0.25, -0.2) is 4.98 Å². The number of anilines is 2. The van der Waals surface area contributed by atoms with Crippen molar-refractivity contribution < 1.29 is 0 Å². The highest BCUT2D eigenvalue weighted by Crippen LogP contribution is 2.20. The van der Waals surface area contributed by atoms with Crippen molar-refractivity contribution in [2.24, 2.45) is 5.73 Å². The molecule has 0 unspecified atom stereocenters. The van der Waals surface area contributed by atoms with Gasteiger partial charge in [-0.3, -0.25) is 4.98 Å². The van der Waals surface area contributed by atoms with Crippen molar-refractivity contribution in [1.29, 1.82) is 0 Å². The number of aromatic nitrogens is 2. The molecule has 0 aliphatic rings. The van der Waals surface area contributed by atoms with Gasteiger partial charge in [0.2, 0.25) is 0 Å². The minimum atomic E-state index is 0.361. The number of rotatable bonds is 3. The van der Waals surface area contributed by atoms with Gasteiger partial charge in [-0.15, -0.1) is 0 Å². The first-order chi connectivity index (χ1) is 10.1. The molecule has 2 aromatic heterocycles. The van der Waals surface area contributed by atoms with Crippen LogP contribution in [0.1, 0.15) is 11.3 Å². The lowest BCUT2D eigenvalue weighted by atomic mass is 10.2. The Bertz CT molecular complexity index is 829. The molecule has 21 heavy (non-hydrogen) atoms. The van der Waals surface area contributed by atoms with Crippen molar-refractivity contribution in [3.8, 4) is 0 Å². The standard InChI is InChI=1S/C16H14N4S/c1-10-6-12(16(17)21)8-15(19-10)20-13-7-11-4-2-3-5-14(11)18-9-13/h2-9H,1H3,(H2,17,21)(H,19,20). The molecule has 0 aliphatic carbocycles. The van der Waals surface area contributed by atoms with Crippen LogP contribution >= 0.6 is 12.2 Å². The van der Waals surface area contributed by atoms with Crippen molar-refractivity contribution in [2.45, 2.75) is 6.92 Å². The fraction of sp³-hybridized carbons (Fsp3) is 0.0625. The predicted molar refractivity (Wildman–Crippen MR) is 89.9 cm³/mol. The van der Waals surface area contributed by atoms with Crippen LogP contribution in [0.25, 0.3) is 10.9 Å². The van der Waals surface area contributed by atoms with Crippen molar-refractivity contribution in [3.63, 3.8) is 0 Å². The van der Waals surface area contributed by atoms with Gasteiger partial charge in [0.05, 0.1) is 17.4 Å². The second-order valence-electron chi connectivity index (χ2n) is 4.79. The fourth-order valence-corrected chi connectivity index (χ4v) is 2.28. The Morgan fingerprint density at radius 3 is 2.81 bits per heavy atom. The van der Waals surface area contributed by atoms with E-state index in [2.05, 4.69) is 15.3 Å². The maximum atomic E-state index is 5.68. The first-order valence-electron chi connectivity index (χ1n) is 6.52. The van der Waals surface area contributed by atoms with Crippen LogP contribution in [0.4, 0.5) is 11.5 Å². The molecule has 3 N–H and O–H groups in total. The Morgan fingerprint density at radius 1 is 1.19 bits per heavy atom. The lowest BCUT2D eigenvalue weighted by molar-refractivity contribution is 1.19. The molecule has 0 saturated carbocycles. The van der Waals surface area contributed by atoms with E-state index in [1.54, 1.807) is 6.20 Å². The molecule has 4 nitrogen and oxygen atoms in total. The number of pyridine rings is 2. The van der Waals surface area contributed by atoms with E-state index in [1.807, 2.05) is 49.4 Å². The molecular formula is C16H14N4S. The van der Waals surface area contributed by atoms with Crippen LogP contribution in [-0.2, 0) is 0 Å². The van der Waals surface area contributed by atoms with E-state index in [-0.39, 0.29) is 0 Å². The second kappa shape index (κ2) is 5.46. The summed E-state index contributed by atoms with van der Waals surface area (Å²) in [5.41, 5.74) is 9.18. The molecule has 0 spiro atoms. The molecule has 104 valence electrons. The summed E-state index contributed by atoms with van der Waals surface area (Å²) in [6.07, 6.45) is 1.78. The SMILES string of the molecule is Cc1cc(C(N)=S)cc(Nc2cnc3ccccc3c2)n1. The van der Waals surface area contributed by atoms with E-state index in [4.69, 9.17) is 18.0 Å². The van der Waals surface area contributed by atoms with E-state index in [9.17, 15) is 0 Å². The van der Waals surface area contributed by atoms with E-state index < -0.39 is 0 Å². The van der Waals surface area contributed by atoms with Crippen molar-refractivity contribution >= 4 is 39.6 Å². The zero-order chi connectivity index (χ0) is 14.8. The first kappa shape index (κ1) is 13.5. The maximum Gasteiger partial charge on any atom is 0.131 e. The molecular weight excluding hydrogens is 280 g/mol. The van der Waals surface area contributed by atoms with E-state index in [0.717, 1.165) is 27.8 Å². The molecule has 0 atom stereocenters. The van der Waals surface area contributed by atoms with Gasteiger partial charge in [-0.05, 0) is 31.2 Å². The zero-order valence-electron chi connectivity index (χ0n) is 11.5. The Balaban J connectivity index is 1.96. The summed E-state index contributed by atoms with van der Waals surface area (Å²) in [7, 11) is 0. The number of fused-ring (bicyclic) bond motifs is 1. The Labute approximate surface area is 128 Å². The summed E-state index contributed by atoms with van der Waals surface area (Å²) in [6.45, 7) is 1.91. The quantitative estimate of drug-likeness (QED) is 0.726. The maximum absolute atomic E-state index is 5.68. The van der Waals surface area contributed by atoms with Crippen LogP contribution in [0.5, 0.6) is 0 Å². The van der Waals surface area contributed by atoms with E-state index in [0.29, 0.717) is 10.8 Å². The largest absolute Gasteiger partial charge is 0.389 e. The highest BCUT2D eigenvalue weighted by Gasteiger charge is 2.04. The minimum absolute atomic E-state index is 0.361. The molecule has 0 saturated heterocycles. The highest BCUT2D eigenvalue weighted by molar-refractivity contribution is 7.80. The number of aryl methyl sites for hydroxylation is 1. The van der Waals surface area contributed by atoms with Gasteiger partial charge in [-0.2, -0.15) is 0 Å². The monoisotopic (exact) mass is 294 g/mol. The summed E-state index contributed by atoms with van der Waals surface area (Å²) in [5, 5.41) is 4.32. The lowest BCUT2D eigenvalue weighted by Crippen LogP contribution is -2.10. The van der Waals surface area contributed by atoms with Gasteiger partial charge < -0.3 is 11.1 Å². The van der Waals surface area contributed by atoms with Gasteiger partial charge in [0.1, 0.15) is 10.8 Å². The molecule has 2 heterocycles. The number of nitrogens with one attached hydrogen (secondary N) is 1. The van der Waals surface area contributed by atoms with Gasteiger partial charge in [-0.1, -0.05) is 30.4 Å². The van der Waals surface area contributed by atoms with Crippen LogP contribution in [0.15, 0.2) is 48.7 Å². The van der Waals surface area contributed by atoms with Crippen LogP contribution in [0.3, 0.4) is 0 Å². The molecule has 3 rings (SSSR count). The number of hydrogen-bond acceptors (Lipinski definition) is 4. The molecule has 0 amide bonds. The average Bonchev–Trinajstić information content (AvgIpc) is 2.46. The number of benzene rings is 1. The van der Waals surface area contributed by atoms with Gasteiger partial charge in [0.15, 0.2) is 0 Å². The fourth-order valence-electron chi connectivity index (χ4n) is 2.16. The van der Waals surface area contributed by atoms with Crippen molar-refractivity contribution in [1.82, 2.24) is 9.97 Å². The average molecular weight is 294 g/mol. The number of nitrogens with zero attached hydrogens (tertiary/aromatic N) is 2. The molecule has 5 heteroatoms. The second-order valence-corrected chi connectivity index (χ2v) is 5.23. The first-order valence-corrected chi connectivity index (χ1v) is 6.93. The summed E-state index contributed by atoms with van der Waals surface area (Å²) in [6, 6.07) is 13.7. The van der Waals surface area contributed by atoms with E-state index in [1.165, 1.54) is 0 Å². The Kier molecular flexibility index (Phi) is 3.50. The van der Waals surface area contributed by atoms with Gasteiger partial charge in [0, 0.05) is 16.6 Å². The summed E-state index contributed by atoms with van der Waals surface area (Å²) >= 11 is 5.02. The van der Waals surface area contributed by atoms with E-state index >= 15 is 0 Å². The molecule has 1 aromatic carbocycles. The van der Waals surface area contributed by atoms with Crippen LogP contribution in [-0.4, -0.2) is 15.0 Å². The number of nitrogens with two attached hydrogens (primary N) is 1. The smallest absolute Gasteiger partial charge is 0.131 e. The topological polar surface area (TPSA) is 63.8 Å². The number of para-hydroxylation sites is 1. The third-order valence-corrected chi connectivity index (χ3v) is 3.34. The van der Waals surface area contributed by atoms with Crippen LogP contribution < -0.4 is 11.1 Å². The highest BCUT2D eigenvalue weighted by atomic mass is 32.1. The normalized spacial score (nSPS) is 10.5. The molecule has 0 radical (unpaired) electrons.